The first-order valence-electron chi connectivity index (χ1n) is 8.16. The molecule has 2 rings (SSSR count). The number of carbonyl (C=O) groups is 1. The van der Waals surface area contributed by atoms with Gasteiger partial charge in [-0.25, -0.2) is 9.18 Å². The minimum absolute atomic E-state index is 0.000502. The summed E-state index contributed by atoms with van der Waals surface area (Å²) in [6.07, 6.45) is 1.59. The van der Waals surface area contributed by atoms with Crippen molar-refractivity contribution in [1.82, 2.24) is 14.0 Å². The summed E-state index contributed by atoms with van der Waals surface area (Å²) in [7, 11) is 2.79. The molecule has 0 aliphatic rings. The average Bonchev–Trinajstić information content (AvgIpc) is 2.60. The molecule has 0 N–H and O–H groups in total. The van der Waals surface area contributed by atoms with Crippen molar-refractivity contribution in [2.24, 2.45) is 14.1 Å². The lowest BCUT2D eigenvalue weighted by atomic mass is 10.1. The van der Waals surface area contributed by atoms with Crippen molar-refractivity contribution < 1.29 is 9.18 Å². The molecule has 0 atom stereocenters. The highest BCUT2D eigenvalue weighted by molar-refractivity contribution is 5.92. The first-order chi connectivity index (χ1) is 11.9. The quantitative estimate of drug-likeness (QED) is 0.798. The highest BCUT2D eigenvalue weighted by atomic mass is 19.1. The number of nitrogens with zero attached hydrogens (tertiary/aromatic N) is 3. The molecule has 1 aromatic carbocycles. The topological polar surface area (TPSA) is 64.3 Å². The van der Waals surface area contributed by atoms with Gasteiger partial charge in [0.2, 0.25) is 0 Å². The van der Waals surface area contributed by atoms with E-state index < -0.39 is 23.0 Å². The van der Waals surface area contributed by atoms with Gasteiger partial charge in [-0.1, -0.05) is 31.5 Å². The fourth-order valence-corrected chi connectivity index (χ4v) is 2.53. The fraction of sp³-hybridized carbons (Fsp3) is 0.389. The summed E-state index contributed by atoms with van der Waals surface area (Å²) >= 11 is 0. The number of hydrogen-bond donors (Lipinski definition) is 0. The third kappa shape index (κ3) is 4.04. The van der Waals surface area contributed by atoms with E-state index in [4.69, 9.17) is 0 Å². The molecule has 1 aromatic heterocycles. The minimum atomic E-state index is -0.572. The molecule has 0 spiro atoms. The lowest BCUT2D eigenvalue weighted by molar-refractivity contribution is 0.0727. The smallest absolute Gasteiger partial charge is 0.331 e. The summed E-state index contributed by atoms with van der Waals surface area (Å²) < 4.78 is 16.0. The van der Waals surface area contributed by atoms with Crippen molar-refractivity contribution in [2.75, 3.05) is 6.54 Å². The summed E-state index contributed by atoms with van der Waals surface area (Å²) in [5.74, 6) is -0.858. The number of carbonyl (C=O) groups excluding carboxylic acids is 1. The van der Waals surface area contributed by atoms with Crippen molar-refractivity contribution >= 4 is 5.91 Å². The van der Waals surface area contributed by atoms with Crippen LogP contribution in [0.3, 0.4) is 0 Å². The number of halogens is 1. The fourth-order valence-electron chi connectivity index (χ4n) is 2.53. The Morgan fingerprint density at radius 3 is 2.48 bits per heavy atom. The van der Waals surface area contributed by atoms with E-state index in [9.17, 15) is 18.8 Å². The second kappa shape index (κ2) is 7.92. The molecule has 6 nitrogen and oxygen atoms in total. The van der Waals surface area contributed by atoms with Gasteiger partial charge in [-0.3, -0.25) is 18.7 Å². The van der Waals surface area contributed by atoms with Gasteiger partial charge < -0.3 is 4.90 Å². The molecule has 0 aliphatic carbocycles. The monoisotopic (exact) mass is 347 g/mol. The van der Waals surface area contributed by atoms with E-state index in [0.29, 0.717) is 12.1 Å². The summed E-state index contributed by atoms with van der Waals surface area (Å²) in [6.45, 7) is 2.47. The van der Waals surface area contributed by atoms with Crippen LogP contribution in [0.2, 0.25) is 0 Å². The number of unbranched alkanes of at least 4 members (excludes halogenated alkanes) is 1. The maximum atomic E-state index is 14.0. The molecule has 0 radical (unpaired) electrons. The second-order valence-corrected chi connectivity index (χ2v) is 5.94. The Hall–Kier alpha value is -2.70. The van der Waals surface area contributed by atoms with Crippen molar-refractivity contribution in [3.05, 3.63) is 68.2 Å². The number of benzene rings is 1. The van der Waals surface area contributed by atoms with E-state index in [2.05, 4.69) is 0 Å². The van der Waals surface area contributed by atoms with Crippen LogP contribution < -0.4 is 11.2 Å². The summed E-state index contributed by atoms with van der Waals surface area (Å²) in [6, 6.07) is 7.39. The first-order valence-corrected chi connectivity index (χ1v) is 8.16. The molecule has 1 amide bonds. The third-order valence-corrected chi connectivity index (χ3v) is 4.13. The normalized spacial score (nSPS) is 10.7. The predicted molar refractivity (Wildman–Crippen MR) is 93.0 cm³/mol. The van der Waals surface area contributed by atoms with Crippen LogP contribution in [0.15, 0.2) is 39.9 Å². The zero-order valence-corrected chi connectivity index (χ0v) is 14.7. The van der Waals surface area contributed by atoms with E-state index in [1.165, 1.54) is 25.1 Å². The van der Waals surface area contributed by atoms with E-state index in [1.54, 1.807) is 18.2 Å². The lowest BCUT2D eigenvalue weighted by Gasteiger charge is -2.24. The van der Waals surface area contributed by atoms with Crippen LogP contribution in [0, 0.1) is 5.82 Å². The summed E-state index contributed by atoms with van der Waals surface area (Å²) in [5.41, 5.74) is -0.730. The zero-order chi connectivity index (χ0) is 18.6. The average molecular weight is 347 g/mol. The zero-order valence-electron chi connectivity index (χ0n) is 14.7. The van der Waals surface area contributed by atoms with Gasteiger partial charge in [0.1, 0.15) is 11.5 Å². The molecular formula is C18H22FN3O3. The van der Waals surface area contributed by atoms with Crippen molar-refractivity contribution in [3.63, 3.8) is 0 Å². The largest absolute Gasteiger partial charge is 0.333 e. The summed E-state index contributed by atoms with van der Waals surface area (Å²) in [4.78, 5) is 38.3. The van der Waals surface area contributed by atoms with Gasteiger partial charge in [0, 0.05) is 38.8 Å². The van der Waals surface area contributed by atoms with Crippen LogP contribution >= 0.6 is 0 Å². The molecule has 0 saturated heterocycles. The highest BCUT2D eigenvalue weighted by Crippen LogP contribution is 2.13. The van der Waals surface area contributed by atoms with E-state index >= 15 is 0 Å². The standard InChI is InChI=1S/C18H22FN3O3/c1-4-5-10-22(12-13-8-6-7-9-14(13)19)17(24)15-11-16(23)21(3)18(25)20(15)2/h6-9,11H,4-5,10,12H2,1-3H3. The van der Waals surface area contributed by atoms with Crippen molar-refractivity contribution in [2.45, 2.75) is 26.3 Å². The molecule has 0 fully saturated rings. The maximum Gasteiger partial charge on any atom is 0.331 e. The SMILES string of the molecule is CCCCN(Cc1ccccc1F)C(=O)c1cc(=O)n(C)c(=O)n1C. The Labute approximate surface area is 145 Å². The molecule has 0 unspecified atom stereocenters. The van der Waals surface area contributed by atoms with Crippen LogP contribution in [-0.4, -0.2) is 26.5 Å². The van der Waals surface area contributed by atoms with Gasteiger partial charge >= 0.3 is 5.69 Å². The highest BCUT2D eigenvalue weighted by Gasteiger charge is 2.21. The van der Waals surface area contributed by atoms with Crippen molar-refractivity contribution in [1.29, 1.82) is 0 Å². The lowest BCUT2D eigenvalue weighted by Crippen LogP contribution is -2.42. The number of rotatable bonds is 6. The molecule has 0 bridgehead atoms. The molecule has 134 valence electrons. The molecule has 2 aromatic rings. The van der Waals surface area contributed by atoms with Gasteiger partial charge in [0.05, 0.1) is 0 Å². The molecular weight excluding hydrogens is 325 g/mol. The number of amides is 1. The minimum Gasteiger partial charge on any atom is -0.333 e. The molecule has 0 saturated carbocycles. The van der Waals surface area contributed by atoms with Gasteiger partial charge in [0.15, 0.2) is 0 Å². The van der Waals surface area contributed by atoms with Crippen LogP contribution in [0.25, 0.3) is 0 Å². The third-order valence-electron chi connectivity index (χ3n) is 4.13. The molecule has 1 heterocycles. The Balaban J connectivity index is 2.41. The predicted octanol–water partition coefficient (Wildman–Crippen LogP) is 1.67. The Morgan fingerprint density at radius 2 is 1.84 bits per heavy atom. The maximum absolute atomic E-state index is 14.0. The Kier molecular flexibility index (Phi) is 5.90. The van der Waals surface area contributed by atoms with Gasteiger partial charge in [-0.05, 0) is 12.5 Å². The van der Waals surface area contributed by atoms with Gasteiger partial charge in [-0.2, -0.15) is 0 Å². The van der Waals surface area contributed by atoms with Crippen LogP contribution in [0.5, 0.6) is 0 Å². The van der Waals surface area contributed by atoms with E-state index in [-0.39, 0.29) is 12.2 Å². The van der Waals surface area contributed by atoms with Crippen LogP contribution in [0.4, 0.5) is 4.39 Å². The van der Waals surface area contributed by atoms with Crippen molar-refractivity contribution in [3.8, 4) is 0 Å². The number of aromatic nitrogens is 2. The Bertz CT molecular complexity index is 886. The summed E-state index contributed by atoms with van der Waals surface area (Å²) in [5, 5.41) is 0. The second-order valence-electron chi connectivity index (χ2n) is 5.94. The molecule has 25 heavy (non-hydrogen) atoms. The Morgan fingerprint density at radius 1 is 1.16 bits per heavy atom. The van der Waals surface area contributed by atoms with E-state index in [0.717, 1.165) is 28.0 Å². The molecule has 0 aliphatic heterocycles. The van der Waals surface area contributed by atoms with Crippen LogP contribution in [-0.2, 0) is 20.6 Å². The van der Waals surface area contributed by atoms with Gasteiger partial charge in [-0.15, -0.1) is 0 Å². The van der Waals surface area contributed by atoms with Crippen LogP contribution in [0.1, 0.15) is 35.8 Å². The first kappa shape index (κ1) is 18.6. The van der Waals surface area contributed by atoms with Gasteiger partial charge in [0.25, 0.3) is 11.5 Å². The number of hydrogen-bond acceptors (Lipinski definition) is 3. The van der Waals surface area contributed by atoms with E-state index in [1.807, 2.05) is 6.92 Å². The molecule has 7 heteroatoms.